The van der Waals surface area contributed by atoms with E-state index in [0.29, 0.717) is 13.1 Å². The molecule has 1 saturated heterocycles. The molecule has 2 aliphatic rings. The van der Waals surface area contributed by atoms with E-state index in [9.17, 15) is 8.42 Å². The monoisotopic (exact) mass is 317 g/mol. The molecule has 1 unspecified atom stereocenters. The molecule has 21 heavy (non-hydrogen) atoms. The fourth-order valence-electron chi connectivity index (χ4n) is 3.78. The Morgan fingerprint density at radius 3 is 2.38 bits per heavy atom. The van der Waals surface area contributed by atoms with Crippen molar-refractivity contribution in [3.05, 3.63) is 0 Å². The minimum Gasteiger partial charge on any atom is -0.329 e. The third kappa shape index (κ3) is 3.78. The van der Waals surface area contributed by atoms with Gasteiger partial charge in [-0.2, -0.15) is 17.0 Å². The van der Waals surface area contributed by atoms with Gasteiger partial charge in [-0.05, 0) is 44.4 Å². The van der Waals surface area contributed by atoms with Gasteiger partial charge in [-0.1, -0.05) is 19.8 Å². The first kappa shape index (κ1) is 17.2. The third-order valence-electron chi connectivity index (χ3n) is 5.41. The van der Waals surface area contributed by atoms with E-state index in [4.69, 9.17) is 5.73 Å². The standard InChI is InChI=1S/C15H31N3O2S/c1-3-13-7-9-14(10-8-13)17(2)21(19,20)18-11-5-4-6-15(18)12-16/h13-15H,3-12,16H2,1-2H3. The molecule has 0 amide bonds. The summed E-state index contributed by atoms with van der Waals surface area (Å²) in [5.74, 6) is 0.782. The van der Waals surface area contributed by atoms with E-state index in [0.717, 1.165) is 50.9 Å². The molecule has 124 valence electrons. The van der Waals surface area contributed by atoms with Crippen LogP contribution in [0.15, 0.2) is 0 Å². The summed E-state index contributed by atoms with van der Waals surface area (Å²) in [6.07, 6.45) is 8.44. The quantitative estimate of drug-likeness (QED) is 0.843. The first-order valence-corrected chi connectivity index (χ1v) is 9.85. The van der Waals surface area contributed by atoms with Crippen molar-refractivity contribution in [1.29, 1.82) is 0 Å². The van der Waals surface area contributed by atoms with E-state index in [1.54, 1.807) is 15.7 Å². The maximum atomic E-state index is 12.9. The number of nitrogens with two attached hydrogens (primary N) is 1. The summed E-state index contributed by atoms with van der Waals surface area (Å²) in [6, 6.07) is 0.149. The highest BCUT2D eigenvalue weighted by atomic mass is 32.2. The third-order valence-corrected chi connectivity index (χ3v) is 7.51. The van der Waals surface area contributed by atoms with Gasteiger partial charge in [0.25, 0.3) is 10.2 Å². The molecule has 6 heteroatoms. The summed E-state index contributed by atoms with van der Waals surface area (Å²) >= 11 is 0. The van der Waals surface area contributed by atoms with Crippen molar-refractivity contribution in [2.24, 2.45) is 11.7 Å². The van der Waals surface area contributed by atoms with Gasteiger partial charge < -0.3 is 5.73 Å². The SMILES string of the molecule is CCC1CCC(N(C)S(=O)(=O)N2CCCCC2CN)CC1. The smallest absolute Gasteiger partial charge is 0.282 e. The molecule has 1 aliphatic carbocycles. The van der Waals surface area contributed by atoms with E-state index in [1.807, 2.05) is 0 Å². The topological polar surface area (TPSA) is 66.6 Å². The second kappa shape index (κ2) is 7.40. The van der Waals surface area contributed by atoms with Crippen LogP contribution >= 0.6 is 0 Å². The molecule has 0 radical (unpaired) electrons. The molecule has 2 N–H and O–H groups in total. The Kier molecular flexibility index (Phi) is 6.05. The zero-order valence-corrected chi connectivity index (χ0v) is 14.3. The molecule has 0 aromatic heterocycles. The van der Waals surface area contributed by atoms with Crippen LogP contribution in [-0.4, -0.2) is 49.2 Å². The summed E-state index contributed by atoms with van der Waals surface area (Å²) in [7, 11) is -1.60. The number of rotatable bonds is 5. The number of hydrogen-bond acceptors (Lipinski definition) is 3. The Balaban J connectivity index is 2.04. The van der Waals surface area contributed by atoms with Crippen molar-refractivity contribution in [2.75, 3.05) is 20.1 Å². The summed E-state index contributed by atoms with van der Waals surface area (Å²) in [5, 5.41) is 0. The Hall–Kier alpha value is -0.170. The molecule has 1 heterocycles. The van der Waals surface area contributed by atoms with Crippen molar-refractivity contribution in [3.63, 3.8) is 0 Å². The van der Waals surface area contributed by atoms with Crippen LogP contribution < -0.4 is 5.73 Å². The predicted molar refractivity (Wildman–Crippen MR) is 86.1 cm³/mol. The van der Waals surface area contributed by atoms with E-state index in [-0.39, 0.29) is 12.1 Å². The fraction of sp³-hybridized carbons (Fsp3) is 1.00. The molecule has 1 atom stereocenters. The number of hydrogen-bond donors (Lipinski definition) is 1. The average Bonchev–Trinajstić information content (AvgIpc) is 2.54. The molecule has 0 aromatic carbocycles. The van der Waals surface area contributed by atoms with Gasteiger partial charge in [0.2, 0.25) is 0 Å². The summed E-state index contributed by atoms with van der Waals surface area (Å²) in [4.78, 5) is 0. The van der Waals surface area contributed by atoms with Gasteiger partial charge in [0.05, 0.1) is 0 Å². The first-order valence-electron chi connectivity index (χ1n) is 8.45. The van der Waals surface area contributed by atoms with Crippen LogP contribution in [0, 0.1) is 5.92 Å². The molecule has 5 nitrogen and oxygen atoms in total. The molecule has 1 saturated carbocycles. The van der Waals surface area contributed by atoms with Gasteiger partial charge in [0.1, 0.15) is 0 Å². The molecule has 0 bridgehead atoms. The zero-order chi connectivity index (χ0) is 15.5. The van der Waals surface area contributed by atoms with Crippen molar-refractivity contribution in [1.82, 2.24) is 8.61 Å². The Labute approximate surface area is 130 Å². The fourth-order valence-corrected chi connectivity index (χ4v) is 5.63. The molecule has 2 rings (SSSR count). The van der Waals surface area contributed by atoms with E-state index < -0.39 is 10.2 Å². The summed E-state index contributed by atoms with van der Waals surface area (Å²) < 4.78 is 29.1. The predicted octanol–water partition coefficient (Wildman–Crippen LogP) is 1.95. The van der Waals surface area contributed by atoms with Crippen molar-refractivity contribution in [2.45, 2.75) is 70.4 Å². The van der Waals surface area contributed by atoms with Crippen LogP contribution in [-0.2, 0) is 10.2 Å². The maximum Gasteiger partial charge on any atom is 0.282 e. The van der Waals surface area contributed by atoms with Gasteiger partial charge in [0.15, 0.2) is 0 Å². The highest BCUT2D eigenvalue weighted by Gasteiger charge is 2.38. The lowest BCUT2D eigenvalue weighted by Crippen LogP contribution is -2.54. The van der Waals surface area contributed by atoms with E-state index >= 15 is 0 Å². The van der Waals surface area contributed by atoms with Crippen LogP contribution in [0.3, 0.4) is 0 Å². The van der Waals surface area contributed by atoms with Crippen molar-refractivity contribution < 1.29 is 8.42 Å². The molecular weight excluding hydrogens is 286 g/mol. The Morgan fingerprint density at radius 2 is 1.81 bits per heavy atom. The minimum atomic E-state index is -3.36. The van der Waals surface area contributed by atoms with Crippen LogP contribution in [0.4, 0.5) is 0 Å². The van der Waals surface area contributed by atoms with Crippen LogP contribution in [0.2, 0.25) is 0 Å². The second-order valence-corrected chi connectivity index (χ2v) is 8.54. The lowest BCUT2D eigenvalue weighted by atomic mass is 9.85. The lowest BCUT2D eigenvalue weighted by molar-refractivity contribution is 0.199. The summed E-state index contributed by atoms with van der Waals surface area (Å²) in [5.41, 5.74) is 5.78. The molecule has 0 aromatic rings. The van der Waals surface area contributed by atoms with Gasteiger partial charge >= 0.3 is 0 Å². The highest BCUT2D eigenvalue weighted by molar-refractivity contribution is 7.86. The van der Waals surface area contributed by atoms with Gasteiger partial charge in [-0.15, -0.1) is 0 Å². The molecule has 1 aliphatic heterocycles. The first-order chi connectivity index (χ1) is 10.0. The van der Waals surface area contributed by atoms with Gasteiger partial charge in [-0.3, -0.25) is 0 Å². The average molecular weight is 317 g/mol. The lowest BCUT2D eigenvalue weighted by Gasteiger charge is -2.40. The largest absolute Gasteiger partial charge is 0.329 e. The van der Waals surface area contributed by atoms with Crippen LogP contribution in [0.1, 0.15) is 58.3 Å². The number of piperidine rings is 1. The maximum absolute atomic E-state index is 12.9. The van der Waals surface area contributed by atoms with Crippen molar-refractivity contribution >= 4 is 10.2 Å². The van der Waals surface area contributed by atoms with Crippen LogP contribution in [0.25, 0.3) is 0 Å². The molecule has 2 fully saturated rings. The Morgan fingerprint density at radius 1 is 1.14 bits per heavy atom. The van der Waals surface area contributed by atoms with Crippen LogP contribution in [0.5, 0.6) is 0 Å². The van der Waals surface area contributed by atoms with Gasteiger partial charge in [0, 0.05) is 32.2 Å². The zero-order valence-electron chi connectivity index (χ0n) is 13.5. The van der Waals surface area contributed by atoms with E-state index in [2.05, 4.69) is 6.92 Å². The molecule has 0 spiro atoms. The van der Waals surface area contributed by atoms with Gasteiger partial charge in [-0.25, -0.2) is 0 Å². The minimum absolute atomic E-state index is 0.0156. The summed E-state index contributed by atoms with van der Waals surface area (Å²) in [6.45, 7) is 3.28. The highest BCUT2D eigenvalue weighted by Crippen LogP contribution is 2.31. The molecular formula is C15H31N3O2S. The number of nitrogens with zero attached hydrogens (tertiary/aromatic N) is 2. The second-order valence-electron chi connectivity index (χ2n) is 6.60. The normalized spacial score (nSPS) is 32.5. The Bertz CT molecular complexity index is 419. The van der Waals surface area contributed by atoms with Crippen molar-refractivity contribution in [3.8, 4) is 0 Å². The van der Waals surface area contributed by atoms with E-state index in [1.165, 1.54) is 6.42 Å².